The molecule has 1 aliphatic rings. The van der Waals surface area contributed by atoms with Crippen molar-refractivity contribution in [3.63, 3.8) is 0 Å². The van der Waals surface area contributed by atoms with E-state index in [1.54, 1.807) is 11.8 Å². The van der Waals surface area contributed by atoms with Crippen LogP contribution in [-0.2, 0) is 4.79 Å². The summed E-state index contributed by atoms with van der Waals surface area (Å²) in [6.07, 6.45) is 0.177. The maximum atomic E-state index is 10.8. The predicted octanol–water partition coefficient (Wildman–Crippen LogP) is -2.28. The lowest BCUT2D eigenvalue weighted by Crippen LogP contribution is -2.47. The number of rotatable bonds is 17. The molecule has 5 atom stereocenters. The van der Waals surface area contributed by atoms with E-state index in [4.69, 9.17) is 0 Å². The highest BCUT2D eigenvalue weighted by molar-refractivity contribution is 5.75. The summed E-state index contributed by atoms with van der Waals surface area (Å²) in [6, 6.07) is 0. The van der Waals surface area contributed by atoms with E-state index in [9.17, 15) is 25.2 Å². The minimum absolute atomic E-state index is 0.0946. The van der Waals surface area contributed by atoms with Gasteiger partial charge in [-0.1, -0.05) is 6.92 Å². The van der Waals surface area contributed by atoms with E-state index in [1.165, 1.54) is 0 Å². The number of hydrogen-bond acceptors (Lipinski definition) is 10. The number of aliphatic hydroxyl groups excluding tert-OH is 4. The van der Waals surface area contributed by atoms with E-state index in [0.717, 1.165) is 19.4 Å². The first-order chi connectivity index (χ1) is 13.8. The molecule has 0 spiro atoms. The molecule has 0 bridgehead atoms. The third kappa shape index (κ3) is 11.9. The minimum atomic E-state index is -0.764. The molecule has 1 heterocycles. The van der Waals surface area contributed by atoms with Crippen LogP contribution in [0, 0.1) is 5.92 Å². The van der Waals surface area contributed by atoms with E-state index in [2.05, 4.69) is 21.3 Å². The highest BCUT2D eigenvalue weighted by atomic mass is 16.3. The number of nitrogens with zero attached hydrogens (tertiary/aromatic N) is 1. The second-order valence-corrected chi connectivity index (χ2v) is 7.85. The van der Waals surface area contributed by atoms with Gasteiger partial charge in [-0.3, -0.25) is 20.3 Å². The third-order valence-corrected chi connectivity index (χ3v) is 5.05. The smallest absolute Gasteiger partial charge is 0.131 e. The highest BCUT2D eigenvalue weighted by Gasteiger charge is 2.35. The number of ketones is 1. The molecule has 0 aromatic carbocycles. The Balaban J connectivity index is 1.93. The van der Waals surface area contributed by atoms with Gasteiger partial charge in [0.05, 0.1) is 0 Å². The summed E-state index contributed by atoms with van der Waals surface area (Å²) < 4.78 is 0. The number of likely N-dealkylation sites (tertiary alicyclic amines) is 1. The fourth-order valence-corrected chi connectivity index (χ4v) is 3.27. The summed E-state index contributed by atoms with van der Waals surface area (Å²) in [4.78, 5) is 12.5. The van der Waals surface area contributed by atoms with Gasteiger partial charge in [0.25, 0.3) is 0 Å². The maximum Gasteiger partial charge on any atom is 0.131 e. The van der Waals surface area contributed by atoms with E-state index in [-0.39, 0.29) is 18.2 Å². The molecule has 0 aromatic rings. The van der Waals surface area contributed by atoms with Gasteiger partial charge in [0.2, 0.25) is 0 Å². The largest absolute Gasteiger partial charge is 0.378 e. The van der Waals surface area contributed by atoms with Crippen LogP contribution in [0.4, 0.5) is 0 Å². The Labute approximate surface area is 174 Å². The lowest BCUT2D eigenvalue weighted by molar-refractivity contribution is -0.116. The molecule has 10 heteroatoms. The molecular formula is C19H41N5O5. The first-order valence-corrected chi connectivity index (χ1v) is 10.7. The first kappa shape index (κ1) is 26.3. The lowest BCUT2D eigenvalue weighted by atomic mass is 10.1. The second-order valence-electron chi connectivity index (χ2n) is 7.85. The Morgan fingerprint density at radius 2 is 1.72 bits per heavy atom. The van der Waals surface area contributed by atoms with E-state index in [1.807, 2.05) is 6.92 Å². The van der Waals surface area contributed by atoms with Crippen molar-refractivity contribution in [2.45, 2.75) is 64.4 Å². The molecule has 0 aliphatic carbocycles. The van der Waals surface area contributed by atoms with Crippen molar-refractivity contribution in [2.24, 2.45) is 5.92 Å². The van der Waals surface area contributed by atoms with Crippen molar-refractivity contribution in [1.82, 2.24) is 26.2 Å². The molecular weight excluding hydrogens is 378 g/mol. The topological polar surface area (TPSA) is 149 Å². The van der Waals surface area contributed by atoms with E-state index in [0.29, 0.717) is 45.6 Å². The Morgan fingerprint density at radius 1 is 1.00 bits per heavy atom. The van der Waals surface area contributed by atoms with Crippen molar-refractivity contribution >= 4 is 5.78 Å². The molecule has 1 fully saturated rings. The van der Waals surface area contributed by atoms with Crippen LogP contribution in [0.25, 0.3) is 0 Å². The monoisotopic (exact) mass is 419 g/mol. The number of hydrogen-bond donors (Lipinski definition) is 8. The standard InChI is InChI=1S/C19H41N5O5/c1-14-11-18(28)24(19(14)29)10-4-3-6-21-12-16(26)23-13-17(27)22-9-8-20-7-5-15(2)25/h14,16-23,26-29H,3-13H2,1-2H3/t14?,16?,17?,18-,19?/m0/s1. The molecule has 8 N–H and O–H groups in total. The minimum Gasteiger partial charge on any atom is -0.378 e. The summed E-state index contributed by atoms with van der Waals surface area (Å²) in [5.41, 5.74) is 0. The van der Waals surface area contributed by atoms with Crippen LogP contribution in [0.3, 0.4) is 0 Å². The normalized spacial score (nSPS) is 24.7. The average molecular weight is 420 g/mol. The molecule has 29 heavy (non-hydrogen) atoms. The molecule has 0 saturated carbocycles. The molecule has 10 nitrogen and oxygen atoms in total. The van der Waals surface area contributed by atoms with Crippen molar-refractivity contribution in [1.29, 1.82) is 0 Å². The van der Waals surface area contributed by atoms with Gasteiger partial charge >= 0.3 is 0 Å². The zero-order chi connectivity index (χ0) is 21.6. The van der Waals surface area contributed by atoms with Crippen molar-refractivity contribution < 1.29 is 25.2 Å². The van der Waals surface area contributed by atoms with Crippen molar-refractivity contribution in [3.8, 4) is 0 Å². The predicted molar refractivity (Wildman–Crippen MR) is 111 cm³/mol. The fourth-order valence-electron chi connectivity index (χ4n) is 3.27. The van der Waals surface area contributed by atoms with Crippen molar-refractivity contribution in [3.05, 3.63) is 0 Å². The van der Waals surface area contributed by atoms with E-state index < -0.39 is 24.9 Å². The fraction of sp³-hybridized carbons (Fsp3) is 0.947. The second kappa shape index (κ2) is 15.2. The summed E-state index contributed by atoms with van der Waals surface area (Å²) in [5, 5.41) is 51.6. The molecule has 1 rings (SSSR count). The molecule has 4 unspecified atom stereocenters. The SMILES string of the molecule is CC(=O)CCNCCNC(O)CNC(O)CNCCCCN1C(O)C(C)C[C@@H]1O. The number of carbonyl (C=O) groups is 1. The molecule has 0 amide bonds. The number of unbranched alkanes of at least 4 members (excludes halogenated alkanes) is 1. The number of nitrogens with one attached hydrogen (secondary N) is 4. The van der Waals surface area contributed by atoms with Gasteiger partial charge < -0.3 is 31.1 Å². The zero-order valence-electron chi connectivity index (χ0n) is 17.8. The number of Topliss-reactive ketones (excluding diaryl/α,β-unsaturated/α-hetero) is 1. The van der Waals surface area contributed by atoms with Gasteiger partial charge in [0.1, 0.15) is 30.7 Å². The Kier molecular flexibility index (Phi) is 13.8. The molecule has 0 aromatic heterocycles. The van der Waals surface area contributed by atoms with Crippen LogP contribution in [0.2, 0.25) is 0 Å². The summed E-state index contributed by atoms with van der Waals surface area (Å²) in [5.74, 6) is 0.244. The molecule has 0 radical (unpaired) electrons. The number of aliphatic hydroxyl groups is 4. The van der Waals surface area contributed by atoms with Crippen LogP contribution in [0.5, 0.6) is 0 Å². The summed E-state index contributed by atoms with van der Waals surface area (Å²) in [6.45, 7) is 7.30. The Morgan fingerprint density at radius 3 is 2.38 bits per heavy atom. The van der Waals surface area contributed by atoms with Crippen LogP contribution in [0.1, 0.15) is 39.5 Å². The quantitative estimate of drug-likeness (QED) is 0.0957. The van der Waals surface area contributed by atoms with Gasteiger partial charge in [-0.15, -0.1) is 0 Å². The summed E-state index contributed by atoms with van der Waals surface area (Å²) >= 11 is 0. The summed E-state index contributed by atoms with van der Waals surface area (Å²) in [7, 11) is 0. The van der Waals surface area contributed by atoms with Crippen LogP contribution < -0.4 is 21.3 Å². The van der Waals surface area contributed by atoms with E-state index >= 15 is 0 Å². The van der Waals surface area contributed by atoms with Gasteiger partial charge in [-0.2, -0.15) is 0 Å². The molecule has 1 saturated heterocycles. The van der Waals surface area contributed by atoms with Crippen molar-refractivity contribution in [2.75, 3.05) is 45.8 Å². The molecule has 172 valence electrons. The first-order valence-electron chi connectivity index (χ1n) is 10.7. The number of carbonyl (C=O) groups excluding carboxylic acids is 1. The van der Waals surface area contributed by atoms with Crippen LogP contribution >= 0.6 is 0 Å². The maximum absolute atomic E-state index is 10.8. The Bertz CT molecular complexity index is 445. The highest BCUT2D eigenvalue weighted by Crippen LogP contribution is 2.26. The Hall–Kier alpha value is -0.690. The van der Waals surface area contributed by atoms with Gasteiger partial charge in [-0.05, 0) is 38.6 Å². The van der Waals surface area contributed by atoms with Gasteiger partial charge in [0.15, 0.2) is 0 Å². The van der Waals surface area contributed by atoms with Crippen LogP contribution in [0.15, 0.2) is 0 Å². The average Bonchev–Trinajstić information content (AvgIpc) is 2.91. The van der Waals surface area contributed by atoms with Gasteiger partial charge in [-0.25, -0.2) is 0 Å². The third-order valence-electron chi connectivity index (χ3n) is 5.05. The molecule has 1 aliphatic heterocycles. The van der Waals surface area contributed by atoms with Crippen LogP contribution in [-0.4, -0.2) is 102 Å². The lowest BCUT2D eigenvalue weighted by Gasteiger charge is -2.24. The zero-order valence-corrected chi connectivity index (χ0v) is 17.8. The van der Waals surface area contributed by atoms with Gasteiger partial charge in [0, 0.05) is 45.7 Å².